The number of carboxylic acids is 2. The Morgan fingerprint density at radius 1 is 0.955 bits per heavy atom. The Hall–Kier alpha value is -1.14. The molecule has 6 nitrogen and oxygen atoms in total. The SMILES string of the molecule is O=C(O)CCCCCCC(CC1CO1)C(CC1CO1)C(=O)O. The largest absolute Gasteiger partial charge is 0.481 e. The topological polar surface area (TPSA) is 99.7 Å². The van der Waals surface area contributed by atoms with Gasteiger partial charge in [-0.1, -0.05) is 19.3 Å². The predicted octanol–water partition coefficient (Wildman–Crippen LogP) is 2.31. The number of epoxide rings is 2. The van der Waals surface area contributed by atoms with Crippen molar-refractivity contribution < 1.29 is 29.3 Å². The van der Waals surface area contributed by atoms with Crippen molar-refractivity contribution in [3.63, 3.8) is 0 Å². The van der Waals surface area contributed by atoms with E-state index in [0.29, 0.717) is 19.4 Å². The van der Waals surface area contributed by atoms with E-state index in [9.17, 15) is 14.7 Å². The lowest BCUT2D eigenvalue weighted by atomic mass is 9.81. The highest BCUT2D eigenvalue weighted by Crippen LogP contribution is 2.34. The number of ether oxygens (including phenoxy) is 2. The molecular weight excluding hydrogens is 288 g/mol. The lowest BCUT2D eigenvalue weighted by Gasteiger charge is -2.23. The van der Waals surface area contributed by atoms with Crippen LogP contribution in [0.3, 0.4) is 0 Å². The molecule has 0 radical (unpaired) electrons. The van der Waals surface area contributed by atoms with Gasteiger partial charge in [0.1, 0.15) is 0 Å². The average Bonchev–Trinajstić information content (AvgIpc) is 3.33. The zero-order valence-electron chi connectivity index (χ0n) is 12.9. The van der Waals surface area contributed by atoms with Crippen molar-refractivity contribution in [2.75, 3.05) is 13.2 Å². The Bertz CT molecular complexity index is 375. The van der Waals surface area contributed by atoms with Crippen LogP contribution in [0.1, 0.15) is 51.4 Å². The lowest BCUT2D eigenvalue weighted by Crippen LogP contribution is -2.26. The Morgan fingerprint density at radius 3 is 2.09 bits per heavy atom. The molecule has 0 amide bonds. The van der Waals surface area contributed by atoms with Crippen LogP contribution in [0.5, 0.6) is 0 Å². The lowest BCUT2D eigenvalue weighted by molar-refractivity contribution is -0.144. The Balaban J connectivity index is 1.72. The van der Waals surface area contributed by atoms with Gasteiger partial charge in [-0.2, -0.15) is 0 Å². The quantitative estimate of drug-likeness (QED) is 0.400. The van der Waals surface area contributed by atoms with Crippen molar-refractivity contribution in [2.24, 2.45) is 11.8 Å². The van der Waals surface area contributed by atoms with Crippen molar-refractivity contribution in [1.82, 2.24) is 0 Å². The van der Waals surface area contributed by atoms with Crippen LogP contribution in [0.2, 0.25) is 0 Å². The van der Waals surface area contributed by atoms with E-state index >= 15 is 0 Å². The molecule has 0 saturated carbocycles. The Morgan fingerprint density at radius 2 is 1.55 bits per heavy atom. The second kappa shape index (κ2) is 8.48. The first-order valence-electron chi connectivity index (χ1n) is 8.24. The van der Waals surface area contributed by atoms with E-state index in [2.05, 4.69) is 0 Å². The van der Waals surface area contributed by atoms with Gasteiger partial charge in [0.25, 0.3) is 0 Å². The molecule has 0 bridgehead atoms. The van der Waals surface area contributed by atoms with E-state index in [-0.39, 0.29) is 30.5 Å². The van der Waals surface area contributed by atoms with Crippen LogP contribution in [0.4, 0.5) is 0 Å². The fourth-order valence-corrected chi connectivity index (χ4v) is 3.04. The van der Waals surface area contributed by atoms with Crippen molar-refractivity contribution in [1.29, 1.82) is 0 Å². The highest BCUT2D eigenvalue weighted by atomic mass is 16.6. The first-order chi connectivity index (χ1) is 10.6. The number of hydrogen-bond donors (Lipinski definition) is 2. The summed E-state index contributed by atoms with van der Waals surface area (Å²) in [7, 11) is 0. The van der Waals surface area contributed by atoms with Gasteiger partial charge in [-0.3, -0.25) is 9.59 Å². The molecule has 2 fully saturated rings. The third kappa shape index (κ3) is 6.75. The molecule has 0 aliphatic carbocycles. The molecule has 2 aliphatic rings. The van der Waals surface area contributed by atoms with Crippen molar-refractivity contribution >= 4 is 11.9 Å². The first-order valence-corrected chi connectivity index (χ1v) is 8.24. The van der Waals surface area contributed by atoms with E-state index in [1.165, 1.54) is 0 Å². The monoisotopic (exact) mass is 314 g/mol. The number of aliphatic carboxylic acids is 2. The van der Waals surface area contributed by atoms with Crippen LogP contribution in [-0.2, 0) is 19.1 Å². The molecule has 0 spiro atoms. The summed E-state index contributed by atoms with van der Waals surface area (Å²) < 4.78 is 10.5. The van der Waals surface area contributed by atoms with E-state index in [4.69, 9.17) is 14.6 Å². The van der Waals surface area contributed by atoms with Gasteiger partial charge >= 0.3 is 11.9 Å². The van der Waals surface area contributed by atoms with Crippen LogP contribution in [0.15, 0.2) is 0 Å². The first kappa shape index (κ1) is 17.2. The molecule has 126 valence electrons. The molecule has 4 atom stereocenters. The molecule has 6 heteroatoms. The number of carboxylic acid groups (broad SMARTS) is 2. The van der Waals surface area contributed by atoms with Crippen molar-refractivity contribution in [3.05, 3.63) is 0 Å². The van der Waals surface area contributed by atoms with Crippen LogP contribution < -0.4 is 0 Å². The van der Waals surface area contributed by atoms with Crippen LogP contribution >= 0.6 is 0 Å². The van der Waals surface area contributed by atoms with Gasteiger partial charge in [-0.25, -0.2) is 0 Å². The highest BCUT2D eigenvalue weighted by Gasteiger charge is 2.38. The van der Waals surface area contributed by atoms with Gasteiger partial charge in [0.2, 0.25) is 0 Å². The van der Waals surface area contributed by atoms with Crippen molar-refractivity contribution in [3.8, 4) is 0 Å². The summed E-state index contributed by atoms with van der Waals surface area (Å²) in [5, 5.41) is 18.1. The standard InChI is InChI=1S/C16H26O6/c17-15(18)6-4-2-1-3-5-11(7-12-9-21-12)14(16(19)20)8-13-10-22-13/h11-14H,1-10H2,(H,17,18)(H,19,20). The molecule has 2 aliphatic heterocycles. The summed E-state index contributed by atoms with van der Waals surface area (Å²) in [6, 6.07) is 0. The normalized spacial score (nSPS) is 25.5. The number of unbranched alkanes of at least 4 members (excludes halogenated alkanes) is 3. The van der Waals surface area contributed by atoms with Crippen molar-refractivity contribution in [2.45, 2.75) is 63.6 Å². The molecular formula is C16H26O6. The molecule has 0 aromatic heterocycles. The molecule has 2 rings (SSSR count). The summed E-state index contributed by atoms with van der Waals surface area (Å²) in [5.41, 5.74) is 0. The van der Waals surface area contributed by atoms with E-state index < -0.39 is 11.9 Å². The van der Waals surface area contributed by atoms with Crippen LogP contribution in [0.25, 0.3) is 0 Å². The van der Waals surface area contributed by atoms with E-state index in [1.54, 1.807) is 0 Å². The van der Waals surface area contributed by atoms with Gasteiger partial charge in [0.05, 0.1) is 31.3 Å². The Kier molecular flexibility index (Phi) is 6.64. The van der Waals surface area contributed by atoms with Gasteiger partial charge in [0.15, 0.2) is 0 Å². The van der Waals surface area contributed by atoms with Gasteiger partial charge < -0.3 is 19.7 Å². The summed E-state index contributed by atoms with van der Waals surface area (Å²) in [6.45, 7) is 1.44. The summed E-state index contributed by atoms with van der Waals surface area (Å²) >= 11 is 0. The maximum atomic E-state index is 11.6. The molecule has 22 heavy (non-hydrogen) atoms. The molecule has 2 heterocycles. The van der Waals surface area contributed by atoms with Gasteiger partial charge in [-0.15, -0.1) is 0 Å². The molecule has 2 saturated heterocycles. The predicted molar refractivity (Wildman–Crippen MR) is 78.7 cm³/mol. The Labute approximate surface area is 130 Å². The third-order valence-corrected chi connectivity index (χ3v) is 4.49. The maximum absolute atomic E-state index is 11.6. The van der Waals surface area contributed by atoms with E-state index in [1.807, 2.05) is 0 Å². The average molecular weight is 314 g/mol. The number of rotatable bonds is 13. The van der Waals surface area contributed by atoms with Gasteiger partial charge in [0, 0.05) is 6.42 Å². The second-order valence-electron chi connectivity index (χ2n) is 6.43. The summed E-state index contributed by atoms with van der Waals surface area (Å²) in [6.07, 6.45) is 6.37. The minimum absolute atomic E-state index is 0.124. The third-order valence-electron chi connectivity index (χ3n) is 4.49. The van der Waals surface area contributed by atoms with E-state index in [0.717, 1.165) is 38.7 Å². The smallest absolute Gasteiger partial charge is 0.306 e. The summed E-state index contributed by atoms with van der Waals surface area (Å²) in [5.74, 6) is -1.70. The fourth-order valence-electron chi connectivity index (χ4n) is 3.04. The number of carbonyl (C=O) groups is 2. The minimum Gasteiger partial charge on any atom is -0.481 e. The zero-order valence-corrected chi connectivity index (χ0v) is 12.9. The maximum Gasteiger partial charge on any atom is 0.306 e. The second-order valence-corrected chi connectivity index (χ2v) is 6.43. The molecule has 0 aromatic rings. The summed E-state index contributed by atoms with van der Waals surface area (Å²) in [4.78, 5) is 22.0. The minimum atomic E-state index is -0.751. The fraction of sp³-hybridized carbons (Fsp3) is 0.875. The van der Waals surface area contributed by atoms with Gasteiger partial charge in [-0.05, 0) is 31.6 Å². The van der Waals surface area contributed by atoms with Crippen LogP contribution in [0, 0.1) is 11.8 Å². The molecule has 2 N–H and O–H groups in total. The molecule has 4 unspecified atom stereocenters. The van der Waals surface area contributed by atoms with Crippen LogP contribution in [-0.4, -0.2) is 47.6 Å². The highest BCUT2D eigenvalue weighted by molar-refractivity contribution is 5.70. The number of hydrogen-bond acceptors (Lipinski definition) is 4. The molecule has 0 aromatic carbocycles. The zero-order chi connectivity index (χ0) is 15.9.